The number of rotatable bonds is 9. The van der Waals surface area contributed by atoms with Crippen LogP contribution >= 0.6 is 0 Å². The fourth-order valence-electron chi connectivity index (χ4n) is 3.82. The molecule has 1 heterocycles. The first-order chi connectivity index (χ1) is 17.4. The van der Waals surface area contributed by atoms with E-state index in [1.54, 1.807) is 42.5 Å². The Kier molecular flexibility index (Phi) is 7.22. The number of nitrogens with two attached hydrogens (primary N) is 2. The third kappa shape index (κ3) is 5.31. The van der Waals surface area contributed by atoms with Crippen LogP contribution < -0.4 is 16.8 Å². The van der Waals surface area contributed by atoms with Crippen LogP contribution in [0.1, 0.15) is 39.5 Å². The lowest BCUT2D eigenvalue weighted by atomic mass is 9.94. The quantitative estimate of drug-likeness (QED) is 0.176. The van der Waals surface area contributed by atoms with Crippen LogP contribution in [0.5, 0.6) is 0 Å². The molecule has 0 fully saturated rings. The molecule has 0 bridgehead atoms. The number of carbonyl (C=O) groups excluding carboxylic acids is 1. The average molecular weight is 484 g/mol. The van der Waals surface area contributed by atoms with E-state index in [1.165, 1.54) is 0 Å². The summed E-state index contributed by atoms with van der Waals surface area (Å²) in [6, 6.07) is 21.2. The first kappa shape index (κ1) is 24.4. The van der Waals surface area contributed by atoms with Gasteiger partial charge in [-0.15, -0.1) is 0 Å². The Bertz CT molecular complexity index is 1400. The third-order valence-electron chi connectivity index (χ3n) is 5.71. The molecule has 1 aromatic heterocycles. The Morgan fingerprint density at radius 2 is 1.78 bits per heavy atom. The van der Waals surface area contributed by atoms with E-state index < -0.39 is 11.9 Å². The molecule has 0 radical (unpaired) electrons. The van der Waals surface area contributed by atoms with Gasteiger partial charge in [0.25, 0.3) is 0 Å². The van der Waals surface area contributed by atoms with Crippen LogP contribution in [0.25, 0.3) is 11.5 Å². The van der Waals surface area contributed by atoms with Crippen molar-refractivity contribution < 1.29 is 19.1 Å². The standard InChI is InChI=1S/C27H25N5O4/c28-13-12-20(16-4-2-1-3-5-16)25(33)31-19-10-11-22(29)21(14-19)24(30)17-6-8-18(9-7-17)26-32-23(15-36-26)27(34)35/h1-11,14-15,20,30H,12-13,28-29H2,(H,31,33)(H,34,35). The van der Waals surface area contributed by atoms with Crippen LogP contribution in [0.2, 0.25) is 0 Å². The van der Waals surface area contributed by atoms with Crippen molar-refractivity contribution in [1.29, 1.82) is 5.41 Å². The number of nitrogens with zero attached hydrogens (tertiary/aromatic N) is 1. The largest absolute Gasteiger partial charge is 0.476 e. The Morgan fingerprint density at radius 1 is 1.06 bits per heavy atom. The highest BCUT2D eigenvalue weighted by Gasteiger charge is 2.21. The van der Waals surface area contributed by atoms with Gasteiger partial charge >= 0.3 is 5.97 Å². The van der Waals surface area contributed by atoms with Crippen molar-refractivity contribution in [3.05, 3.63) is 101 Å². The molecule has 0 spiro atoms. The van der Waals surface area contributed by atoms with Crippen molar-refractivity contribution in [3.8, 4) is 11.5 Å². The minimum absolute atomic E-state index is 0.162. The number of anilines is 2. The molecule has 9 nitrogen and oxygen atoms in total. The highest BCUT2D eigenvalue weighted by Crippen LogP contribution is 2.26. The minimum Gasteiger partial charge on any atom is -0.476 e. The van der Waals surface area contributed by atoms with E-state index in [0.717, 1.165) is 11.8 Å². The smallest absolute Gasteiger partial charge is 0.357 e. The number of carboxylic acid groups (broad SMARTS) is 1. The second-order valence-corrected chi connectivity index (χ2v) is 8.13. The topological polar surface area (TPSA) is 168 Å². The third-order valence-corrected chi connectivity index (χ3v) is 5.71. The molecule has 0 aliphatic carbocycles. The van der Waals surface area contributed by atoms with E-state index in [4.69, 9.17) is 26.4 Å². The summed E-state index contributed by atoms with van der Waals surface area (Å²) in [6.07, 6.45) is 1.57. The van der Waals surface area contributed by atoms with E-state index >= 15 is 0 Å². The van der Waals surface area contributed by atoms with Gasteiger partial charge in [-0.25, -0.2) is 9.78 Å². The molecular weight excluding hydrogens is 458 g/mol. The monoisotopic (exact) mass is 483 g/mol. The maximum atomic E-state index is 13.1. The average Bonchev–Trinajstić information content (AvgIpc) is 3.39. The number of nitrogen functional groups attached to an aromatic ring is 1. The summed E-state index contributed by atoms with van der Waals surface area (Å²) in [6.45, 7) is 0.367. The van der Waals surface area contributed by atoms with Crippen molar-refractivity contribution in [2.24, 2.45) is 5.73 Å². The van der Waals surface area contributed by atoms with Gasteiger partial charge in [-0.2, -0.15) is 0 Å². The lowest BCUT2D eigenvalue weighted by Crippen LogP contribution is -2.23. The first-order valence-corrected chi connectivity index (χ1v) is 11.2. The molecular formula is C27H25N5O4. The summed E-state index contributed by atoms with van der Waals surface area (Å²) in [5, 5.41) is 20.6. The van der Waals surface area contributed by atoms with Gasteiger partial charge < -0.3 is 26.3 Å². The summed E-state index contributed by atoms with van der Waals surface area (Å²) in [5.41, 5.74) is 15.3. The summed E-state index contributed by atoms with van der Waals surface area (Å²) in [7, 11) is 0. The molecule has 1 atom stereocenters. The van der Waals surface area contributed by atoms with Crippen molar-refractivity contribution in [1.82, 2.24) is 4.98 Å². The number of amides is 1. The van der Waals surface area contributed by atoms with Gasteiger partial charge in [-0.1, -0.05) is 42.5 Å². The number of hydrogen-bond donors (Lipinski definition) is 5. The lowest BCUT2D eigenvalue weighted by molar-refractivity contribution is -0.117. The van der Waals surface area contributed by atoms with E-state index in [1.807, 2.05) is 30.3 Å². The molecule has 0 saturated carbocycles. The van der Waals surface area contributed by atoms with Crippen LogP contribution in [-0.2, 0) is 4.79 Å². The number of aromatic nitrogens is 1. The van der Waals surface area contributed by atoms with Crippen LogP contribution in [0.4, 0.5) is 11.4 Å². The fourth-order valence-corrected chi connectivity index (χ4v) is 3.82. The van der Waals surface area contributed by atoms with Gasteiger partial charge in [0.1, 0.15) is 6.26 Å². The highest BCUT2D eigenvalue weighted by molar-refractivity contribution is 6.14. The molecule has 7 N–H and O–H groups in total. The predicted molar refractivity (Wildman–Crippen MR) is 137 cm³/mol. The molecule has 0 saturated heterocycles. The van der Waals surface area contributed by atoms with Crippen molar-refractivity contribution in [3.63, 3.8) is 0 Å². The molecule has 3 aromatic carbocycles. The SMILES string of the molecule is N=C(c1ccc(-c2nc(C(=O)O)co2)cc1)c1cc(NC(=O)C(CCN)c2ccccc2)ccc1N. The molecule has 36 heavy (non-hydrogen) atoms. The van der Waals surface area contributed by atoms with Crippen LogP contribution in [0.3, 0.4) is 0 Å². The minimum atomic E-state index is -1.18. The maximum Gasteiger partial charge on any atom is 0.357 e. The highest BCUT2D eigenvalue weighted by atomic mass is 16.4. The zero-order valence-corrected chi connectivity index (χ0v) is 19.3. The maximum absolute atomic E-state index is 13.1. The second kappa shape index (κ2) is 10.7. The van der Waals surface area contributed by atoms with Crippen LogP contribution in [0, 0.1) is 5.41 Å². The van der Waals surface area contributed by atoms with Crippen LogP contribution in [-0.4, -0.2) is 34.2 Å². The van der Waals surface area contributed by atoms with Gasteiger partial charge in [-0.05, 0) is 48.9 Å². The van der Waals surface area contributed by atoms with E-state index in [-0.39, 0.29) is 23.2 Å². The molecule has 4 aromatic rings. The Morgan fingerprint density at radius 3 is 2.42 bits per heavy atom. The summed E-state index contributed by atoms with van der Waals surface area (Å²) in [5.74, 6) is -1.60. The molecule has 0 aliphatic heterocycles. The summed E-state index contributed by atoms with van der Waals surface area (Å²) in [4.78, 5) is 28.0. The number of aromatic carboxylic acids is 1. The molecule has 4 rings (SSSR count). The van der Waals surface area contributed by atoms with Crippen molar-refractivity contribution >= 4 is 29.0 Å². The van der Waals surface area contributed by atoms with Crippen molar-refractivity contribution in [2.75, 3.05) is 17.6 Å². The van der Waals surface area contributed by atoms with Gasteiger partial charge in [-0.3, -0.25) is 10.2 Å². The molecule has 182 valence electrons. The molecule has 1 amide bonds. The zero-order valence-electron chi connectivity index (χ0n) is 19.3. The lowest BCUT2D eigenvalue weighted by Gasteiger charge is -2.17. The fraction of sp³-hybridized carbons (Fsp3) is 0.111. The Labute approximate surface area is 207 Å². The van der Waals surface area contributed by atoms with E-state index in [0.29, 0.717) is 41.0 Å². The number of nitrogens with one attached hydrogen (secondary N) is 2. The second-order valence-electron chi connectivity index (χ2n) is 8.13. The van der Waals surface area contributed by atoms with Crippen molar-refractivity contribution in [2.45, 2.75) is 12.3 Å². The number of hydrogen-bond acceptors (Lipinski definition) is 7. The zero-order chi connectivity index (χ0) is 25.7. The predicted octanol–water partition coefficient (Wildman–Crippen LogP) is 4.11. The van der Waals surface area contributed by atoms with Gasteiger partial charge in [0, 0.05) is 28.1 Å². The van der Waals surface area contributed by atoms with Gasteiger partial charge in [0.2, 0.25) is 11.8 Å². The normalized spacial score (nSPS) is 11.6. The van der Waals surface area contributed by atoms with E-state index in [9.17, 15) is 9.59 Å². The van der Waals surface area contributed by atoms with Gasteiger partial charge in [0.15, 0.2) is 5.69 Å². The first-order valence-electron chi connectivity index (χ1n) is 11.2. The summed E-state index contributed by atoms with van der Waals surface area (Å²) >= 11 is 0. The van der Waals surface area contributed by atoms with E-state index in [2.05, 4.69) is 10.3 Å². The summed E-state index contributed by atoms with van der Waals surface area (Å²) < 4.78 is 5.22. The molecule has 1 unspecified atom stereocenters. The Balaban J connectivity index is 1.53. The number of oxazole rings is 1. The Hall–Kier alpha value is -4.76. The van der Waals surface area contributed by atoms with Gasteiger partial charge in [0.05, 0.1) is 11.6 Å². The molecule has 9 heteroatoms. The van der Waals surface area contributed by atoms with Crippen LogP contribution in [0.15, 0.2) is 83.5 Å². The number of carboxylic acids is 1. The number of carbonyl (C=O) groups is 2. The number of benzene rings is 3. The molecule has 0 aliphatic rings.